The summed E-state index contributed by atoms with van der Waals surface area (Å²) in [7, 11) is 1.64. The maximum atomic E-state index is 8.55. The molecule has 0 N–H and O–H groups in total. The number of nitriles is 1. The first-order valence-electron chi connectivity index (χ1n) is 5.40. The molecule has 0 atom stereocenters. The van der Waals surface area contributed by atoms with Gasteiger partial charge in [0.05, 0.1) is 23.3 Å². The van der Waals surface area contributed by atoms with Gasteiger partial charge in [-0.3, -0.25) is 0 Å². The minimum absolute atomic E-state index is 0.509. The van der Waals surface area contributed by atoms with E-state index in [0.29, 0.717) is 12.8 Å². The summed E-state index contributed by atoms with van der Waals surface area (Å²) in [4.78, 5) is 4.52. The Hall–Kier alpha value is -1.38. The summed E-state index contributed by atoms with van der Waals surface area (Å²) < 4.78 is 6.11. The van der Waals surface area contributed by atoms with Crippen LogP contribution in [0.2, 0.25) is 0 Å². The van der Waals surface area contributed by atoms with E-state index in [0.717, 1.165) is 26.5 Å². The van der Waals surface area contributed by atoms with E-state index in [2.05, 4.69) is 27.0 Å². The smallest absolute Gasteiger partial charge is 0.133 e. The molecule has 0 saturated heterocycles. The molecule has 0 aliphatic heterocycles. The van der Waals surface area contributed by atoms with Gasteiger partial charge in [-0.1, -0.05) is 0 Å². The normalized spacial score (nSPS) is 10.1. The van der Waals surface area contributed by atoms with Crippen LogP contribution in [-0.2, 0) is 6.42 Å². The van der Waals surface area contributed by atoms with E-state index in [1.807, 2.05) is 23.6 Å². The largest absolute Gasteiger partial charge is 0.496 e. The zero-order chi connectivity index (χ0) is 13.0. The molecule has 92 valence electrons. The number of nitrogens with zero attached hydrogens (tertiary/aromatic N) is 2. The van der Waals surface area contributed by atoms with Gasteiger partial charge in [-0.15, -0.1) is 11.3 Å². The topological polar surface area (TPSA) is 45.9 Å². The molecule has 1 heterocycles. The first kappa shape index (κ1) is 13.1. The van der Waals surface area contributed by atoms with Crippen molar-refractivity contribution in [2.24, 2.45) is 0 Å². The minimum Gasteiger partial charge on any atom is -0.496 e. The molecule has 2 aromatic rings. The summed E-state index contributed by atoms with van der Waals surface area (Å²) in [6.07, 6.45) is 1.22. The summed E-state index contributed by atoms with van der Waals surface area (Å²) in [5.74, 6) is 0.806. The predicted octanol–water partition coefficient (Wildman–Crippen LogP) is 4.04. The Morgan fingerprint density at radius 1 is 1.50 bits per heavy atom. The molecule has 1 aromatic heterocycles. The molecular formula is C13H11BrN2OS. The fourth-order valence-corrected chi connectivity index (χ4v) is 2.93. The molecule has 5 heteroatoms. The third kappa shape index (κ3) is 2.89. The molecule has 0 radical (unpaired) electrons. The van der Waals surface area contributed by atoms with Crippen molar-refractivity contribution in [3.8, 4) is 22.4 Å². The van der Waals surface area contributed by atoms with E-state index in [9.17, 15) is 0 Å². The molecule has 0 fully saturated rings. The monoisotopic (exact) mass is 322 g/mol. The second kappa shape index (κ2) is 5.98. The Morgan fingerprint density at radius 2 is 2.33 bits per heavy atom. The van der Waals surface area contributed by atoms with Crippen molar-refractivity contribution in [1.82, 2.24) is 4.98 Å². The maximum Gasteiger partial charge on any atom is 0.133 e. The molecule has 2 rings (SSSR count). The third-order valence-corrected chi connectivity index (χ3v) is 4.00. The number of halogens is 1. The molecule has 0 unspecified atom stereocenters. The van der Waals surface area contributed by atoms with Gasteiger partial charge in [0.2, 0.25) is 0 Å². The van der Waals surface area contributed by atoms with E-state index >= 15 is 0 Å². The molecule has 18 heavy (non-hydrogen) atoms. The highest BCUT2D eigenvalue weighted by Crippen LogP contribution is 2.32. The van der Waals surface area contributed by atoms with E-state index in [1.54, 1.807) is 18.4 Å². The van der Waals surface area contributed by atoms with Gasteiger partial charge in [0, 0.05) is 23.8 Å². The fraction of sp³-hybridized carbons (Fsp3) is 0.231. The number of aromatic nitrogens is 1. The summed E-state index contributed by atoms with van der Waals surface area (Å²) in [5.41, 5.74) is 2.03. The zero-order valence-corrected chi connectivity index (χ0v) is 12.2. The lowest BCUT2D eigenvalue weighted by Gasteiger charge is -2.04. The highest BCUT2D eigenvalue weighted by molar-refractivity contribution is 9.10. The Kier molecular flexibility index (Phi) is 4.34. The lowest BCUT2D eigenvalue weighted by molar-refractivity contribution is 0.412. The first-order valence-corrected chi connectivity index (χ1v) is 7.07. The third-order valence-electron chi connectivity index (χ3n) is 2.44. The van der Waals surface area contributed by atoms with Crippen molar-refractivity contribution in [3.05, 3.63) is 33.7 Å². The van der Waals surface area contributed by atoms with Gasteiger partial charge in [-0.2, -0.15) is 5.26 Å². The number of hydrogen-bond donors (Lipinski definition) is 0. The van der Waals surface area contributed by atoms with E-state index in [1.165, 1.54) is 0 Å². The molecule has 0 aliphatic rings. The molecule has 3 nitrogen and oxygen atoms in total. The Bertz CT molecular complexity index is 589. The molecule has 0 aliphatic carbocycles. The Morgan fingerprint density at radius 3 is 3.00 bits per heavy atom. The van der Waals surface area contributed by atoms with Crippen molar-refractivity contribution in [2.45, 2.75) is 12.8 Å². The number of methoxy groups -OCH3 is 1. The van der Waals surface area contributed by atoms with Crippen LogP contribution in [0.4, 0.5) is 0 Å². The molecule has 0 spiro atoms. The van der Waals surface area contributed by atoms with Gasteiger partial charge in [0.1, 0.15) is 10.8 Å². The second-order valence-electron chi connectivity index (χ2n) is 3.65. The van der Waals surface area contributed by atoms with Crippen LogP contribution in [-0.4, -0.2) is 12.1 Å². The van der Waals surface area contributed by atoms with Crippen LogP contribution >= 0.6 is 27.3 Å². The Balaban J connectivity index is 2.23. The van der Waals surface area contributed by atoms with Gasteiger partial charge >= 0.3 is 0 Å². The average molecular weight is 323 g/mol. The first-order chi connectivity index (χ1) is 8.74. The van der Waals surface area contributed by atoms with Crippen LogP contribution in [0.15, 0.2) is 28.1 Å². The highest BCUT2D eigenvalue weighted by Gasteiger charge is 2.07. The average Bonchev–Trinajstić information content (AvgIpc) is 2.85. The number of ether oxygens (including phenoxy) is 1. The van der Waals surface area contributed by atoms with Crippen molar-refractivity contribution in [3.63, 3.8) is 0 Å². The van der Waals surface area contributed by atoms with E-state index in [4.69, 9.17) is 10.00 Å². The fourth-order valence-electron chi connectivity index (χ4n) is 1.54. The number of thiazole rings is 1. The SMILES string of the molecule is COc1ccc(-c2nc(CCC#N)cs2)cc1Br. The van der Waals surface area contributed by atoms with Crippen LogP contribution in [0.1, 0.15) is 12.1 Å². The summed E-state index contributed by atoms with van der Waals surface area (Å²) in [5, 5.41) is 11.5. The van der Waals surface area contributed by atoms with Crippen molar-refractivity contribution >= 4 is 27.3 Å². The van der Waals surface area contributed by atoms with Gasteiger partial charge in [0.15, 0.2) is 0 Å². The van der Waals surface area contributed by atoms with Crippen LogP contribution in [0.25, 0.3) is 10.6 Å². The van der Waals surface area contributed by atoms with Crippen molar-refractivity contribution < 1.29 is 4.74 Å². The molecule has 0 saturated carbocycles. The number of aryl methyl sites for hydroxylation is 1. The van der Waals surface area contributed by atoms with Crippen LogP contribution in [0, 0.1) is 11.3 Å². The Labute approximate surface area is 118 Å². The maximum absolute atomic E-state index is 8.55. The lowest BCUT2D eigenvalue weighted by Crippen LogP contribution is -1.86. The van der Waals surface area contributed by atoms with E-state index < -0.39 is 0 Å². The number of benzene rings is 1. The summed E-state index contributed by atoms with van der Waals surface area (Å²) in [6.45, 7) is 0. The number of hydrogen-bond acceptors (Lipinski definition) is 4. The highest BCUT2D eigenvalue weighted by atomic mass is 79.9. The number of rotatable bonds is 4. The quantitative estimate of drug-likeness (QED) is 0.853. The molecule has 0 bridgehead atoms. The zero-order valence-electron chi connectivity index (χ0n) is 9.81. The standard InChI is InChI=1S/C13H11BrN2OS/c1-17-12-5-4-9(7-11(12)14)13-16-10(8-18-13)3-2-6-15/h4-5,7-8H,2-3H2,1H3. The van der Waals surface area contributed by atoms with Crippen LogP contribution in [0.3, 0.4) is 0 Å². The molecule has 1 aromatic carbocycles. The van der Waals surface area contributed by atoms with Crippen LogP contribution < -0.4 is 4.74 Å². The molecular weight excluding hydrogens is 312 g/mol. The van der Waals surface area contributed by atoms with Crippen molar-refractivity contribution in [1.29, 1.82) is 5.26 Å². The predicted molar refractivity (Wildman–Crippen MR) is 75.7 cm³/mol. The molecule has 0 amide bonds. The van der Waals surface area contributed by atoms with Gasteiger partial charge in [0.25, 0.3) is 0 Å². The lowest BCUT2D eigenvalue weighted by atomic mass is 10.2. The van der Waals surface area contributed by atoms with Crippen LogP contribution in [0.5, 0.6) is 5.75 Å². The second-order valence-corrected chi connectivity index (χ2v) is 5.36. The van der Waals surface area contributed by atoms with Gasteiger partial charge < -0.3 is 4.74 Å². The van der Waals surface area contributed by atoms with Crippen molar-refractivity contribution in [2.75, 3.05) is 7.11 Å². The minimum atomic E-state index is 0.509. The van der Waals surface area contributed by atoms with E-state index in [-0.39, 0.29) is 0 Å². The van der Waals surface area contributed by atoms with Gasteiger partial charge in [-0.05, 0) is 34.1 Å². The van der Waals surface area contributed by atoms with Gasteiger partial charge in [-0.25, -0.2) is 4.98 Å². The summed E-state index contributed by atoms with van der Waals surface area (Å²) >= 11 is 5.06. The summed E-state index contributed by atoms with van der Waals surface area (Å²) in [6, 6.07) is 8.02.